The van der Waals surface area contributed by atoms with Crippen LogP contribution < -0.4 is 10.6 Å². The van der Waals surface area contributed by atoms with Crippen molar-refractivity contribution in [2.24, 2.45) is 10.9 Å². The molecular formula is C22H49IN6. The van der Waals surface area contributed by atoms with E-state index >= 15 is 0 Å². The average Bonchev–Trinajstić information content (AvgIpc) is 2.65. The van der Waals surface area contributed by atoms with Crippen LogP contribution in [0.1, 0.15) is 54.9 Å². The number of halogens is 1. The second kappa shape index (κ2) is 16.6. The molecule has 1 fully saturated rings. The molecule has 0 bridgehead atoms. The minimum absolute atomic E-state index is 0. The summed E-state index contributed by atoms with van der Waals surface area (Å²) in [5, 5.41) is 6.91. The molecule has 1 rings (SSSR count). The van der Waals surface area contributed by atoms with Crippen LogP contribution in [0.25, 0.3) is 0 Å². The topological polar surface area (TPSA) is 46.1 Å². The molecule has 6 nitrogen and oxygen atoms in total. The Morgan fingerprint density at radius 3 is 2.03 bits per heavy atom. The second-order valence-electron chi connectivity index (χ2n) is 8.77. The van der Waals surface area contributed by atoms with Crippen LogP contribution in [0.2, 0.25) is 0 Å². The van der Waals surface area contributed by atoms with Crippen molar-refractivity contribution in [2.45, 2.75) is 67.0 Å². The quantitative estimate of drug-likeness (QED) is 0.178. The lowest BCUT2D eigenvalue weighted by atomic mass is 10.1. The van der Waals surface area contributed by atoms with Crippen LogP contribution in [0.4, 0.5) is 0 Å². The molecule has 0 aromatic rings. The van der Waals surface area contributed by atoms with E-state index in [-0.39, 0.29) is 24.0 Å². The summed E-state index contributed by atoms with van der Waals surface area (Å²) in [5.74, 6) is 1.55. The van der Waals surface area contributed by atoms with Crippen LogP contribution in [0.5, 0.6) is 0 Å². The summed E-state index contributed by atoms with van der Waals surface area (Å²) in [6, 6.07) is 1.20. The van der Waals surface area contributed by atoms with Gasteiger partial charge in [0.2, 0.25) is 0 Å². The first-order valence-electron chi connectivity index (χ1n) is 11.6. The molecule has 29 heavy (non-hydrogen) atoms. The molecule has 174 valence electrons. The number of hydrogen-bond donors (Lipinski definition) is 2. The fourth-order valence-electron chi connectivity index (χ4n) is 3.96. The molecule has 2 N–H and O–H groups in total. The highest BCUT2D eigenvalue weighted by atomic mass is 127. The average molecular weight is 525 g/mol. The van der Waals surface area contributed by atoms with E-state index in [1.165, 1.54) is 32.7 Å². The normalized spacial score (nSPS) is 17.7. The predicted molar refractivity (Wildman–Crippen MR) is 139 cm³/mol. The summed E-state index contributed by atoms with van der Waals surface area (Å²) in [6.45, 7) is 26.9. The zero-order valence-corrected chi connectivity index (χ0v) is 22.5. The molecule has 0 aromatic carbocycles. The fourth-order valence-corrected chi connectivity index (χ4v) is 3.96. The number of rotatable bonds is 12. The van der Waals surface area contributed by atoms with Gasteiger partial charge in [0.25, 0.3) is 0 Å². The van der Waals surface area contributed by atoms with Crippen molar-refractivity contribution in [3.8, 4) is 0 Å². The van der Waals surface area contributed by atoms with Gasteiger partial charge >= 0.3 is 0 Å². The molecular weight excluding hydrogens is 475 g/mol. The third-order valence-electron chi connectivity index (χ3n) is 5.60. The van der Waals surface area contributed by atoms with Gasteiger partial charge in [-0.2, -0.15) is 0 Å². The molecule has 1 aliphatic rings. The van der Waals surface area contributed by atoms with Gasteiger partial charge in [-0.25, -0.2) is 0 Å². The number of hydrogen-bond acceptors (Lipinski definition) is 4. The highest BCUT2D eigenvalue weighted by molar-refractivity contribution is 14.0. The van der Waals surface area contributed by atoms with Gasteiger partial charge < -0.3 is 20.4 Å². The monoisotopic (exact) mass is 524 g/mol. The highest BCUT2D eigenvalue weighted by Gasteiger charge is 2.17. The third-order valence-corrected chi connectivity index (χ3v) is 5.60. The lowest BCUT2D eigenvalue weighted by Gasteiger charge is -2.35. The largest absolute Gasteiger partial charge is 0.357 e. The zero-order chi connectivity index (χ0) is 20.9. The second-order valence-corrected chi connectivity index (χ2v) is 8.77. The van der Waals surface area contributed by atoms with Crippen molar-refractivity contribution in [1.82, 2.24) is 25.3 Å². The van der Waals surface area contributed by atoms with Crippen LogP contribution >= 0.6 is 24.0 Å². The van der Waals surface area contributed by atoms with E-state index in [0.717, 1.165) is 45.1 Å². The van der Waals surface area contributed by atoms with Crippen molar-refractivity contribution in [2.75, 3.05) is 65.4 Å². The summed E-state index contributed by atoms with van der Waals surface area (Å²) in [4.78, 5) is 12.5. The first-order chi connectivity index (χ1) is 13.4. The molecule has 0 aromatic heterocycles. The maximum atomic E-state index is 4.84. The minimum Gasteiger partial charge on any atom is -0.357 e. The van der Waals surface area contributed by atoms with E-state index in [1.807, 2.05) is 0 Å². The van der Waals surface area contributed by atoms with Crippen LogP contribution in [0.3, 0.4) is 0 Å². The van der Waals surface area contributed by atoms with E-state index in [0.29, 0.717) is 18.0 Å². The van der Waals surface area contributed by atoms with Crippen LogP contribution in [0.15, 0.2) is 4.99 Å². The molecule has 1 aliphatic heterocycles. The van der Waals surface area contributed by atoms with E-state index < -0.39 is 0 Å². The summed E-state index contributed by atoms with van der Waals surface area (Å²) < 4.78 is 0. The number of nitrogens with one attached hydrogen (secondary N) is 2. The van der Waals surface area contributed by atoms with Crippen LogP contribution in [-0.4, -0.2) is 98.2 Å². The molecule has 1 unspecified atom stereocenters. The number of likely N-dealkylation sites (N-methyl/N-ethyl adjacent to an activating group) is 1. The van der Waals surface area contributed by atoms with E-state index in [1.54, 1.807) is 0 Å². The van der Waals surface area contributed by atoms with Crippen molar-refractivity contribution < 1.29 is 0 Å². The molecule has 0 radical (unpaired) electrons. The molecule has 1 saturated heterocycles. The summed E-state index contributed by atoms with van der Waals surface area (Å²) >= 11 is 0. The Morgan fingerprint density at radius 2 is 1.52 bits per heavy atom. The summed E-state index contributed by atoms with van der Waals surface area (Å²) in [7, 11) is 0. The van der Waals surface area contributed by atoms with Gasteiger partial charge in [-0.1, -0.05) is 13.8 Å². The number of guanidine groups is 1. The molecule has 0 spiro atoms. The van der Waals surface area contributed by atoms with Crippen molar-refractivity contribution in [3.05, 3.63) is 0 Å². The Kier molecular flexibility index (Phi) is 16.5. The van der Waals surface area contributed by atoms with Gasteiger partial charge in [0.15, 0.2) is 5.96 Å². The van der Waals surface area contributed by atoms with Gasteiger partial charge in [0.05, 0.1) is 0 Å². The lowest BCUT2D eigenvalue weighted by Crippen LogP contribution is -2.47. The molecule has 1 atom stereocenters. The lowest BCUT2D eigenvalue weighted by molar-refractivity contribution is 0.125. The first-order valence-corrected chi connectivity index (χ1v) is 11.6. The van der Waals surface area contributed by atoms with Crippen LogP contribution in [-0.2, 0) is 0 Å². The maximum absolute atomic E-state index is 4.84. The molecule has 7 heteroatoms. The Hall–Kier alpha value is -0.120. The van der Waals surface area contributed by atoms with Gasteiger partial charge in [-0.3, -0.25) is 9.89 Å². The Morgan fingerprint density at radius 1 is 0.931 bits per heavy atom. The summed E-state index contributed by atoms with van der Waals surface area (Å²) in [6.07, 6.45) is 1.14. The van der Waals surface area contributed by atoms with Gasteiger partial charge in [0.1, 0.15) is 0 Å². The molecule has 0 amide bonds. The standard InChI is InChI=1S/C22H48N6.HI/c1-8-23-22(24-11-10-12-28(19(3)4)20(5)6)25-17-21(7)18-27-15-13-26(9-2)14-16-27;/h19-21H,8-18H2,1-7H3,(H2,23,24,25);1H. The smallest absolute Gasteiger partial charge is 0.191 e. The summed E-state index contributed by atoms with van der Waals surface area (Å²) in [5.41, 5.74) is 0. The number of piperazine rings is 1. The Labute approximate surface area is 198 Å². The first kappa shape index (κ1) is 28.9. The molecule has 1 heterocycles. The number of nitrogens with zero attached hydrogens (tertiary/aromatic N) is 4. The van der Waals surface area contributed by atoms with E-state index in [4.69, 9.17) is 4.99 Å². The highest BCUT2D eigenvalue weighted by Crippen LogP contribution is 2.07. The van der Waals surface area contributed by atoms with Crippen molar-refractivity contribution in [1.29, 1.82) is 0 Å². The third kappa shape index (κ3) is 12.4. The predicted octanol–water partition coefficient (Wildman–Crippen LogP) is 2.94. The number of aliphatic imine (C=N–C) groups is 1. The fraction of sp³-hybridized carbons (Fsp3) is 0.955. The van der Waals surface area contributed by atoms with E-state index in [2.05, 4.69) is 73.8 Å². The Balaban J connectivity index is 0.00000784. The van der Waals surface area contributed by atoms with Crippen molar-refractivity contribution >= 4 is 29.9 Å². The van der Waals surface area contributed by atoms with Crippen LogP contribution in [0, 0.1) is 5.92 Å². The van der Waals surface area contributed by atoms with Crippen molar-refractivity contribution in [3.63, 3.8) is 0 Å². The minimum atomic E-state index is 0. The van der Waals surface area contributed by atoms with Gasteiger partial charge in [-0.15, -0.1) is 24.0 Å². The van der Waals surface area contributed by atoms with Gasteiger partial charge in [0, 0.05) is 71.0 Å². The van der Waals surface area contributed by atoms with Gasteiger partial charge in [-0.05, 0) is 53.5 Å². The Bertz CT molecular complexity index is 414. The zero-order valence-electron chi connectivity index (χ0n) is 20.2. The molecule has 0 saturated carbocycles. The SMILES string of the molecule is CCNC(=NCC(C)CN1CCN(CC)CC1)NCCCN(C(C)C)C(C)C.I. The van der Waals surface area contributed by atoms with E-state index in [9.17, 15) is 0 Å². The molecule has 0 aliphatic carbocycles. The maximum Gasteiger partial charge on any atom is 0.191 e.